The number of carbonyl (C=O) groups excluding carboxylic acids is 2. The number of nitrogens with zero attached hydrogens (tertiary/aromatic N) is 1. The van der Waals surface area contributed by atoms with Gasteiger partial charge in [0, 0.05) is 6.92 Å². The van der Waals surface area contributed by atoms with Crippen molar-refractivity contribution in [2.45, 2.75) is 26.3 Å². The Morgan fingerprint density at radius 1 is 1.31 bits per heavy atom. The number of Topliss-reactive ketones (excluding diaryl/α,β-unsaturated/α-hetero) is 1. The predicted octanol–water partition coefficient (Wildman–Crippen LogP) is -0.820. The molecule has 0 unspecified atom stereocenters. The van der Waals surface area contributed by atoms with Crippen molar-refractivity contribution in [1.82, 2.24) is 0 Å². The van der Waals surface area contributed by atoms with Gasteiger partial charge in [-0.1, -0.05) is 0 Å². The molecule has 0 amide bonds. The molecule has 76 valence electrons. The molecule has 0 aliphatic carbocycles. The standard InChI is InChI=1S/C9H17NO3/c1-7(11)6-10(4,5)9(2,3)8(12)13/h6H2,1-5H3. The SMILES string of the molecule is CC(=O)C[N+](C)(C)C(C)(C)C(=O)[O-]. The van der Waals surface area contributed by atoms with E-state index in [1.807, 2.05) is 0 Å². The summed E-state index contributed by atoms with van der Waals surface area (Å²) in [7, 11) is 3.41. The third-order valence-corrected chi connectivity index (χ3v) is 2.63. The molecule has 0 rings (SSSR count). The summed E-state index contributed by atoms with van der Waals surface area (Å²) in [6, 6.07) is 0. The molecule has 0 N–H and O–H groups in total. The highest BCUT2D eigenvalue weighted by Gasteiger charge is 2.38. The molecule has 0 aromatic carbocycles. The Hall–Kier alpha value is -0.900. The van der Waals surface area contributed by atoms with Crippen molar-refractivity contribution < 1.29 is 19.2 Å². The lowest BCUT2D eigenvalue weighted by Gasteiger charge is -2.44. The summed E-state index contributed by atoms with van der Waals surface area (Å²) < 4.78 is 0.102. The molecule has 0 fully saturated rings. The number of quaternary nitrogens is 1. The average molecular weight is 187 g/mol. The lowest BCUT2D eigenvalue weighted by Crippen LogP contribution is -2.65. The van der Waals surface area contributed by atoms with Gasteiger partial charge >= 0.3 is 0 Å². The number of likely N-dealkylation sites (N-methyl/N-ethyl adjacent to an activating group) is 1. The second-order valence-corrected chi connectivity index (χ2v) is 4.39. The third-order valence-electron chi connectivity index (χ3n) is 2.63. The first-order valence-electron chi connectivity index (χ1n) is 4.15. The van der Waals surface area contributed by atoms with Crippen LogP contribution in [0.25, 0.3) is 0 Å². The van der Waals surface area contributed by atoms with Gasteiger partial charge in [-0.25, -0.2) is 0 Å². The molecule has 0 bridgehead atoms. The van der Waals surface area contributed by atoms with E-state index in [1.165, 1.54) is 6.92 Å². The Kier molecular flexibility index (Phi) is 3.22. The maximum absolute atomic E-state index is 10.9. The molecule has 0 aliphatic heterocycles. The molecular formula is C9H17NO3. The average Bonchev–Trinajstić information content (AvgIpc) is 1.83. The van der Waals surface area contributed by atoms with Crippen molar-refractivity contribution in [3.8, 4) is 0 Å². The summed E-state index contributed by atoms with van der Waals surface area (Å²) in [5.41, 5.74) is -1.05. The number of hydrogen-bond donors (Lipinski definition) is 0. The highest BCUT2D eigenvalue weighted by molar-refractivity contribution is 5.78. The quantitative estimate of drug-likeness (QED) is 0.540. The molecule has 0 atom stereocenters. The molecule has 0 saturated carbocycles. The largest absolute Gasteiger partial charge is 0.544 e. The smallest absolute Gasteiger partial charge is 0.183 e. The molecule has 0 heterocycles. The normalized spacial score (nSPS) is 12.7. The van der Waals surface area contributed by atoms with Crippen LogP contribution < -0.4 is 5.11 Å². The van der Waals surface area contributed by atoms with Crippen LogP contribution in [-0.4, -0.2) is 42.4 Å². The van der Waals surface area contributed by atoms with Gasteiger partial charge in [0.2, 0.25) is 0 Å². The van der Waals surface area contributed by atoms with Crippen molar-refractivity contribution in [3.63, 3.8) is 0 Å². The molecule has 4 heteroatoms. The number of ketones is 1. The van der Waals surface area contributed by atoms with E-state index in [1.54, 1.807) is 27.9 Å². The first-order valence-corrected chi connectivity index (χ1v) is 4.15. The number of rotatable bonds is 4. The molecule has 4 nitrogen and oxygen atoms in total. The maximum atomic E-state index is 10.9. The van der Waals surface area contributed by atoms with Crippen molar-refractivity contribution in [2.75, 3.05) is 20.6 Å². The zero-order valence-electron chi connectivity index (χ0n) is 8.88. The summed E-state index contributed by atoms with van der Waals surface area (Å²) in [6.45, 7) is 4.77. The monoisotopic (exact) mass is 187 g/mol. The van der Waals surface area contributed by atoms with Crippen LogP contribution in [0.1, 0.15) is 20.8 Å². The van der Waals surface area contributed by atoms with Gasteiger partial charge in [-0.05, 0) is 13.8 Å². The van der Waals surface area contributed by atoms with Gasteiger partial charge in [0.05, 0.1) is 14.1 Å². The van der Waals surface area contributed by atoms with Crippen LogP contribution in [0.3, 0.4) is 0 Å². The predicted molar refractivity (Wildman–Crippen MR) is 46.7 cm³/mol. The minimum absolute atomic E-state index is 0.0284. The van der Waals surface area contributed by atoms with Crippen LogP contribution in [0.2, 0.25) is 0 Å². The van der Waals surface area contributed by atoms with E-state index >= 15 is 0 Å². The van der Waals surface area contributed by atoms with E-state index < -0.39 is 11.5 Å². The second-order valence-electron chi connectivity index (χ2n) is 4.39. The van der Waals surface area contributed by atoms with Gasteiger partial charge in [0.15, 0.2) is 5.78 Å². The topological polar surface area (TPSA) is 57.2 Å². The Balaban J connectivity index is 4.80. The number of carboxylic acid groups (broad SMARTS) is 1. The molecule has 0 saturated heterocycles. The van der Waals surface area contributed by atoms with Crippen molar-refractivity contribution in [3.05, 3.63) is 0 Å². The van der Waals surface area contributed by atoms with Crippen LogP contribution in [-0.2, 0) is 9.59 Å². The zero-order chi connectivity index (χ0) is 10.9. The number of carboxylic acids is 1. The van der Waals surface area contributed by atoms with E-state index in [4.69, 9.17) is 0 Å². The van der Waals surface area contributed by atoms with Gasteiger partial charge in [-0.15, -0.1) is 0 Å². The van der Waals surface area contributed by atoms with Crippen molar-refractivity contribution in [1.29, 1.82) is 0 Å². The Morgan fingerprint density at radius 2 is 1.69 bits per heavy atom. The van der Waals surface area contributed by atoms with E-state index in [2.05, 4.69) is 0 Å². The summed E-state index contributed by atoms with van der Waals surface area (Å²) in [5.74, 6) is -1.17. The van der Waals surface area contributed by atoms with Crippen LogP contribution in [0.5, 0.6) is 0 Å². The summed E-state index contributed by atoms with van der Waals surface area (Å²) in [5, 5.41) is 10.8. The third kappa shape index (κ3) is 2.52. The molecule has 0 aromatic rings. The highest BCUT2D eigenvalue weighted by Crippen LogP contribution is 2.18. The summed E-state index contributed by atoms with van der Waals surface area (Å²) in [6.07, 6.45) is 0. The van der Waals surface area contributed by atoms with E-state index in [0.29, 0.717) is 0 Å². The highest BCUT2D eigenvalue weighted by atomic mass is 16.4. The van der Waals surface area contributed by atoms with Crippen LogP contribution in [0, 0.1) is 0 Å². The lowest BCUT2D eigenvalue weighted by atomic mass is 10.0. The van der Waals surface area contributed by atoms with Crippen molar-refractivity contribution in [2.24, 2.45) is 0 Å². The van der Waals surface area contributed by atoms with Gasteiger partial charge in [0.25, 0.3) is 0 Å². The molecule has 13 heavy (non-hydrogen) atoms. The van der Waals surface area contributed by atoms with Gasteiger partial charge in [-0.3, -0.25) is 4.79 Å². The zero-order valence-corrected chi connectivity index (χ0v) is 8.88. The summed E-state index contributed by atoms with van der Waals surface area (Å²) in [4.78, 5) is 21.7. The molecule has 0 aliphatic rings. The number of aliphatic carboxylic acids is 1. The Bertz CT molecular complexity index is 231. The van der Waals surface area contributed by atoms with E-state index in [9.17, 15) is 14.7 Å². The molecule has 0 radical (unpaired) electrons. The molecule has 0 spiro atoms. The fourth-order valence-corrected chi connectivity index (χ4v) is 1.00. The Labute approximate surface area is 78.7 Å². The van der Waals surface area contributed by atoms with E-state index in [-0.39, 0.29) is 16.8 Å². The first-order chi connectivity index (χ1) is 5.61. The second kappa shape index (κ2) is 3.46. The van der Waals surface area contributed by atoms with Gasteiger partial charge < -0.3 is 14.4 Å². The summed E-state index contributed by atoms with van der Waals surface area (Å²) >= 11 is 0. The van der Waals surface area contributed by atoms with Crippen LogP contribution in [0.15, 0.2) is 0 Å². The number of carbonyl (C=O) groups is 2. The minimum Gasteiger partial charge on any atom is -0.544 e. The molecule has 0 aromatic heterocycles. The first kappa shape index (κ1) is 12.1. The van der Waals surface area contributed by atoms with E-state index in [0.717, 1.165) is 0 Å². The van der Waals surface area contributed by atoms with Crippen LogP contribution in [0.4, 0.5) is 0 Å². The lowest BCUT2D eigenvalue weighted by molar-refractivity contribution is -0.922. The number of hydrogen-bond acceptors (Lipinski definition) is 3. The van der Waals surface area contributed by atoms with Crippen LogP contribution >= 0.6 is 0 Å². The van der Waals surface area contributed by atoms with Gasteiger partial charge in [0.1, 0.15) is 18.1 Å². The Morgan fingerprint density at radius 3 is 1.92 bits per heavy atom. The fraction of sp³-hybridized carbons (Fsp3) is 0.778. The minimum atomic E-state index is -1.14. The maximum Gasteiger partial charge on any atom is 0.183 e. The van der Waals surface area contributed by atoms with Crippen molar-refractivity contribution >= 4 is 11.8 Å². The van der Waals surface area contributed by atoms with Gasteiger partial charge in [-0.2, -0.15) is 0 Å². The fourth-order valence-electron chi connectivity index (χ4n) is 1.00. The molecular weight excluding hydrogens is 170 g/mol.